The summed E-state index contributed by atoms with van der Waals surface area (Å²) in [5.41, 5.74) is -1.28. The number of carbonyl (C=O) groups is 3. The van der Waals surface area contributed by atoms with Crippen LogP contribution in [-0.4, -0.2) is 40.9 Å². The average molecular weight is 439 g/mol. The van der Waals surface area contributed by atoms with E-state index in [9.17, 15) is 27.6 Å². The Kier molecular flexibility index (Phi) is 4.51. The molecule has 4 atom stereocenters. The summed E-state index contributed by atoms with van der Waals surface area (Å²) < 4.78 is 40.8. The van der Waals surface area contributed by atoms with Gasteiger partial charge in [0.2, 0.25) is 11.8 Å². The van der Waals surface area contributed by atoms with Gasteiger partial charge in [-0.15, -0.1) is 0 Å². The average Bonchev–Trinajstić information content (AvgIpc) is 3.26. The van der Waals surface area contributed by atoms with Gasteiger partial charge in [0.25, 0.3) is 0 Å². The number of hydrogen-bond acceptors (Lipinski definition) is 5. The summed E-state index contributed by atoms with van der Waals surface area (Å²) in [4.78, 5) is 40.8. The highest BCUT2D eigenvalue weighted by Gasteiger charge is 2.64. The van der Waals surface area contributed by atoms with Crippen LogP contribution in [0.1, 0.15) is 15.9 Å². The number of hydrazone groups is 1. The third kappa shape index (κ3) is 2.88. The molecule has 32 heavy (non-hydrogen) atoms. The van der Waals surface area contributed by atoms with Crippen molar-refractivity contribution in [3.05, 3.63) is 77.9 Å². The zero-order chi connectivity index (χ0) is 22.6. The number of amides is 2. The maximum Gasteiger partial charge on any atom is 0.418 e. The summed E-state index contributed by atoms with van der Waals surface area (Å²) in [7, 11) is 0. The molecule has 2 fully saturated rings. The zero-order valence-corrected chi connectivity index (χ0v) is 16.4. The molecule has 0 saturated carbocycles. The fraction of sp³-hybridized carbons (Fsp3) is 0.217. The number of rotatable bonds is 3. The Labute approximate surface area is 180 Å². The topological polar surface area (TPSA) is 70.0 Å². The number of carbonyl (C=O) groups excluding carboxylic acids is 3. The standard InChI is InChI=1S/C23H16F3N3O3/c24-23(25,26)14-9-4-5-10-15(14)28-21(31)17-16-11-6-12-27-29(16)19(18(17)22(28)32)20(30)13-7-2-1-3-8-13/h1-12,16-19H/t16?,17-,18-,19+/m1/s1. The molecule has 0 aliphatic carbocycles. The highest BCUT2D eigenvalue weighted by atomic mass is 19.4. The van der Waals surface area contributed by atoms with Crippen LogP contribution in [0.4, 0.5) is 18.9 Å². The molecule has 3 aliphatic heterocycles. The van der Waals surface area contributed by atoms with Crippen LogP contribution >= 0.6 is 0 Å². The second-order valence-corrected chi connectivity index (χ2v) is 7.77. The molecule has 0 bridgehead atoms. The molecule has 3 aliphatic rings. The third-order valence-corrected chi connectivity index (χ3v) is 6.07. The van der Waals surface area contributed by atoms with Gasteiger partial charge in [0.05, 0.1) is 29.1 Å². The van der Waals surface area contributed by atoms with E-state index in [0.29, 0.717) is 10.5 Å². The van der Waals surface area contributed by atoms with Gasteiger partial charge >= 0.3 is 6.18 Å². The molecule has 0 spiro atoms. The number of anilines is 1. The van der Waals surface area contributed by atoms with Gasteiger partial charge in [0.1, 0.15) is 6.04 Å². The second-order valence-electron chi connectivity index (χ2n) is 7.77. The molecule has 9 heteroatoms. The SMILES string of the molecule is O=C(c1ccccc1)[C@@H]1[C@@H]2C(=O)N(c3ccccc3C(F)(F)F)C(=O)[C@@H]2C2C=CC=NN21. The number of alkyl halides is 3. The number of allylic oxidation sites excluding steroid dienone is 1. The molecule has 2 amide bonds. The first kappa shape index (κ1) is 20.2. The summed E-state index contributed by atoms with van der Waals surface area (Å²) in [5.74, 6) is -4.18. The number of ketones is 1. The summed E-state index contributed by atoms with van der Waals surface area (Å²) >= 11 is 0. The Balaban J connectivity index is 1.61. The van der Waals surface area contributed by atoms with Crippen molar-refractivity contribution in [3.63, 3.8) is 0 Å². The lowest BCUT2D eigenvalue weighted by Crippen LogP contribution is -2.46. The monoisotopic (exact) mass is 439 g/mol. The maximum atomic E-state index is 13.6. The Hall–Kier alpha value is -3.75. The molecule has 1 unspecified atom stereocenters. The van der Waals surface area contributed by atoms with Gasteiger partial charge in [-0.05, 0) is 18.2 Å². The summed E-state index contributed by atoms with van der Waals surface area (Å²) in [6, 6.07) is 10.9. The van der Waals surface area contributed by atoms with Crippen molar-refractivity contribution in [1.29, 1.82) is 0 Å². The minimum Gasteiger partial charge on any atom is -0.292 e. The van der Waals surface area contributed by atoms with Gasteiger partial charge < -0.3 is 0 Å². The van der Waals surface area contributed by atoms with Crippen LogP contribution in [0.3, 0.4) is 0 Å². The normalized spacial score (nSPS) is 26.5. The highest BCUT2D eigenvalue weighted by molar-refractivity contribution is 6.25. The minimum absolute atomic E-state index is 0.330. The highest BCUT2D eigenvalue weighted by Crippen LogP contribution is 2.48. The molecule has 2 aromatic carbocycles. The van der Waals surface area contributed by atoms with E-state index >= 15 is 0 Å². The Morgan fingerprint density at radius 3 is 2.28 bits per heavy atom. The van der Waals surface area contributed by atoms with Crippen molar-refractivity contribution in [2.75, 3.05) is 4.90 Å². The Bertz CT molecular complexity index is 1180. The van der Waals surface area contributed by atoms with E-state index in [-0.39, 0.29) is 0 Å². The van der Waals surface area contributed by atoms with Crippen molar-refractivity contribution in [2.45, 2.75) is 18.3 Å². The van der Waals surface area contributed by atoms with Crippen LogP contribution in [0, 0.1) is 11.8 Å². The lowest BCUT2D eigenvalue weighted by atomic mass is 9.86. The predicted molar refractivity (Wildman–Crippen MR) is 109 cm³/mol. The van der Waals surface area contributed by atoms with E-state index in [0.717, 1.165) is 12.1 Å². The second kappa shape index (κ2) is 7.15. The van der Waals surface area contributed by atoms with E-state index in [1.165, 1.54) is 23.4 Å². The first-order chi connectivity index (χ1) is 15.3. The molecule has 0 radical (unpaired) electrons. The number of benzene rings is 2. The molecule has 3 heterocycles. The molecular formula is C23H16F3N3O3. The lowest BCUT2D eigenvalue weighted by molar-refractivity contribution is -0.137. The van der Waals surface area contributed by atoms with E-state index < -0.39 is 58.9 Å². The van der Waals surface area contributed by atoms with E-state index in [4.69, 9.17) is 0 Å². The zero-order valence-electron chi connectivity index (χ0n) is 16.4. The quantitative estimate of drug-likeness (QED) is 0.544. The minimum atomic E-state index is -4.75. The van der Waals surface area contributed by atoms with Gasteiger partial charge in [-0.2, -0.15) is 18.3 Å². The number of hydrogen-bond donors (Lipinski definition) is 0. The Morgan fingerprint density at radius 1 is 0.906 bits per heavy atom. The largest absolute Gasteiger partial charge is 0.418 e. The number of nitrogens with zero attached hydrogens (tertiary/aromatic N) is 3. The first-order valence-corrected chi connectivity index (χ1v) is 9.93. The van der Waals surface area contributed by atoms with Crippen LogP contribution in [0.2, 0.25) is 0 Å². The number of Topliss-reactive ketones (excluding diaryl/α,β-unsaturated/α-hetero) is 1. The lowest BCUT2D eigenvalue weighted by Gasteiger charge is -2.30. The van der Waals surface area contributed by atoms with Gasteiger partial charge in [-0.25, -0.2) is 4.90 Å². The fourth-order valence-electron chi connectivity index (χ4n) is 4.76. The van der Waals surface area contributed by atoms with Gasteiger partial charge in [-0.3, -0.25) is 19.4 Å². The fourth-order valence-corrected chi connectivity index (χ4v) is 4.76. The smallest absolute Gasteiger partial charge is 0.292 e. The third-order valence-electron chi connectivity index (χ3n) is 6.07. The van der Waals surface area contributed by atoms with Crippen LogP contribution in [-0.2, 0) is 15.8 Å². The summed E-state index contributed by atoms with van der Waals surface area (Å²) in [5, 5.41) is 5.65. The molecule has 6 nitrogen and oxygen atoms in total. The van der Waals surface area contributed by atoms with E-state index in [2.05, 4.69) is 5.10 Å². The van der Waals surface area contributed by atoms with E-state index in [1.807, 2.05) is 0 Å². The molecule has 162 valence electrons. The molecule has 0 aromatic heterocycles. The number of imide groups is 1. The molecule has 5 rings (SSSR count). The van der Waals surface area contributed by atoms with Crippen LogP contribution in [0.15, 0.2) is 71.9 Å². The van der Waals surface area contributed by atoms with Crippen molar-refractivity contribution in [3.8, 4) is 0 Å². The molecule has 2 aromatic rings. The van der Waals surface area contributed by atoms with Crippen molar-refractivity contribution >= 4 is 29.5 Å². The van der Waals surface area contributed by atoms with Gasteiger partial charge in [0, 0.05) is 11.8 Å². The van der Waals surface area contributed by atoms with Gasteiger partial charge in [-0.1, -0.05) is 48.5 Å². The predicted octanol–water partition coefficient (Wildman–Crippen LogP) is 3.30. The Morgan fingerprint density at radius 2 is 1.56 bits per heavy atom. The molecular weight excluding hydrogens is 423 g/mol. The van der Waals surface area contributed by atoms with Crippen molar-refractivity contribution in [1.82, 2.24) is 5.01 Å². The number of halogens is 3. The van der Waals surface area contributed by atoms with E-state index in [1.54, 1.807) is 42.5 Å². The van der Waals surface area contributed by atoms with Crippen LogP contribution < -0.4 is 4.90 Å². The van der Waals surface area contributed by atoms with Crippen molar-refractivity contribution < 1.29 is 27.6 Å². The summed E-state index contributed by atoms with van der Waals surface area (Å²) in [6.07, 6.45) is -0.0609. The molecule has 0 N–H and O–H groups in total. The maximum absolute atomic E-state index is 13.6. The first-order valence-electron chi connectivity index (χ1n) is 9.93. The van der Waals surface area contributed by atoms with Crippen LogP contribution in [0.25, 0.3) is 0 Å². The number of fused-ring (bicyclic) bond motifs is 3. The van der Waals surface area contributed by atoms with Gasteiger partial charge in [0.15, 0.2) is 5.78 Å². The number of para-hydroxylation sites is 1. The summed E-state index contributed by atoms with van der Waals surface area (Å²) in [6.45, 7) is 0. The van der Waals surface area contributed by atoms with Crippen molar-refractivity contribution in [2.24, 2.45) is 16.9 Å². The molecule has 2 saturated heterocycles. The van der Waals surface area contributed by atoms with Crippen LogP contribution in [0.5, 0.6) is 0 Å².